The molecule has 3 atom stereocenters. The smallest absolute Gasteiger partial charge is 0.269 e. The summed E-state index contributed by atoms with van der Waals surface area (Å²) < 4.78 is 15.7. The molecule has 2 aliphatic rings. The fourth-order valence-electron chi connectivity index (χ4n) is 4.62. The molecule has 0 bridgehead atoms. The van der Waals surface area contributed by atoms with Crippen molar-refractivity contribution in [2.75, 3.05) is 19.6 Å². The number of Topliss-reactive ketones (excluding diaryl/α,β-unsaturated/α-hetero) is 1. The third kappa shape index (κ3) is 5.67. The molecule has 38 heavy (non-hydrogen) atoms. The lowest BCUT2D eigenvalue weighted by molar-refractivity contribution is -0.140. The van der Waals surface area contributed by atoms with Crippen molar-refractivity contribution in [3.63, 3.8) is 0 Å². The van der Waals surface area contributed by atoms with Crippen molar-refractivity contribution in [1.82, 2.24) is 35.5 Å². The van der Waals surface area contributed by atoms with Gasteiger partial charge in [0.25, 0.3) is 5.91 Å². The first kappa shape index (κ1) is 26.8. The van der Waals surface area contributed by atoms with Gasteiger partial charge in [-0.3, -0.25) is 23.9 Å². The lowest BCUT2D eigenvalue weighted by Crippen LogP contribution is -2.56. The van der Waals surface area contributed by atoms with Gasteiger partial charge >= 0.3 is 0 Å². The maximum Gasteiger partial charge on any atom is 0.269 e. The Labute approximate surface area is 218 Å². The summed E-state index contributed by atoms with van der Waals surface area (Å²) >= 11 is 0. The Balaban J connectivity index is 1.56. The van der Waals surface area contributed by atoms with Crippen LogP contribution in [0.2, 0.25) is 0 Å². The second kappa shape index (κ2) is 11.4. The Hall–Kier alpha value is -4.26. The van der Waals surface area contributed by atoms with E-state index in [4.69, 9.17) is 5.73 Å². The van der Waals surface area contributed by atoms with E-state index >= 15 is 0 Å². The number of carbonyl (C=O) groups excluding carboxylic acids is 4. The van der Waals surface area contributed by atoms with Crippen LogP contribution in [0.15, 0.2) is 31.1 Å². The molecule has 4 heterocycles. The SMILES string of the molecule is C=C/C(=C\c1c(C(N)=O)nn(CC(=O)N2CC(F)CC2C(=O)NC2CNCCC2=O)c1C)c1ccnnc1. The van der Waals surface area contributed by atoms with Crippen LogP contribution in [0.3, 0.4) is 0 Å². The van der Waals surface area contributed by atoms with Gasteiger partial charge in [0, 0.05) is 42.8 Å². The minimum Gasteiger partial charge on any atom is -0.364 e. The van der Waals surface area contributed by atoms with Crippen LogP contribution in [0.4, 0.5) is 4.39 Å². The Morgan fingerprint density at radius 3 is 2.79 bits per heavy atom. The lowest BCUT2D eigenvalue weighted by Gasteiger charge is -2.27. The Morgan fingerprint density at radius 1 is 1.34 bits per heavy atom. The van der Waals surface area contributed by atoms with Gasteiger partial charge in [-0.1, -0.05) is 12.7 Å². The average molecular weight is 525 g/mol. The number of nitrogens with zero attached hydrogens (tertiary/aromatic N) is 5. The molecule has 0 spiro atoms. The standard InChI is InChI=1S/C25H29FN8O4/c1-3-15(16-4-7-29-30-10-16)8-18-14(2)34(32-23(18)24(27)37)13-22(36)33-12-17(26)9-20(33)25(38)31-19-11-28-6-5-21(19)35/h3-4,7-8,10,17,19-20,28H,1,5-6,9,11-13H2,2H3,(H2,27,37)(H,31,38)/b15-8+. The van der Waals surface area contributed by atoms with Crippen LogP contribution in [0.25, 0.3) is 11.6 Å². The molecule has 3 unspecified atom stereocenters. The van der Waals surface area contributed by atoms with Crippen LogP contribution in [-0.2, 0) is 20.9 Å². The Morgan fingerprint density at radius 2 is 2.13 bits per heavy atom. The molecule has 2 aromatic heterocycles. The molecule has 13 heteroatoms. The highest BCUT2D eigenvalue weighted by molar-refractivity contribution is 5.99. The molecule has 0 saturated carbocycles. The van der Waals surface area contributed by atoms with E-state index in [1.54, 1.807) is 25.1 Å². The number of likely N-dealkylation sites (tertiary alicyclic amines) is 1. The van der Waals surface area contributed by atoms with Gasteiger partial charge in [0.1, 0.15) is 18.8 Å². The van der Waals surface area contributed by atoms with E-state index in [0.29, 0.717) is 28.9 Å². The van der Waals surface area contributed by atoms with E-state index in [9.17, 15) is 23.6 Å². The normalized spacial score (nSPS) is 21.8. The van der Waals surface area contributed by atoms with Crippen molar-refractivity contribution in [3.05, 3.63) is 53.6 Å². The molecule has 2 saturated heterocycles. The number of aromatic nitrogens is 4. The molecule has 200 valence electrons. The molecule has 3 amide bonds. The molecule has 2 aliphatic heterocycles. The zero-order valence-corrected chi connectivity index (χ0v) is 20.9. The average Bonchev–Trinajstić information content (AvgIpc) is 3.44. The van der Waals surface area contributed by atoms with Crippen LogP contribution in [-0.4, -0.2) is 86.3 Å². The first-order valence-corrected chi connectivity index (χ1v) is 12.1. The fraction of sp³-hybridized carbons (Fsp3) is 0.400. The van der Waals surface area contributed by atoms with Crippen molar-refractivity contribution in [1.29, 1.82) is 0 Å². The first-order valence-electron chi connectivity index (χ1n) is 12.1. The first-order chi connectivity index (χ1) is 18.2. The minimum absolute atomic E-state index is 0.0564. The van der Waals surface area contributed by atoms with Gasteiger partial charge in [0.15, 0.2) is 11.5 Å². The van der Waals surface area contributed by atoms with Crippen LogP contribution in [0, 0.1) is 6.92 Å². The molecule has 2 fully saturated rings. The van der Waals surface area contributed by atoms with E-state index in [-0.39, 0.29) is 44.0 Å². The number of nitrogens with one attached hydrogen (secondary N) is 2. The molecule has 4 N–H and O–H groups in total. The molecule has 0 aliphatic carbocycles. The topological polar surface area (TPSA) is 165 Å². The predicted octanol–water partition coefficient (Wildman–Crippen LogP) is -0.207. The number of rotatable bonds is 8. The van der Waals surface area contributed by atoms with Crippen LogP contribution in [0.1, 0.15) is 40.2 Å². The highest BCUT2D eigenvalue weighted by Gasteiger charge is 2.41. The number of alkyl halides is 1. The van der Waals surface area contributed by atoms with Crippen LogP contribution in [0.5, 0.6) is 0 Å². The van der Waals surface area contributed by atoms with Gasteiger partial charge in [0.05, 0.1) is 25.0 Å². The van der Waals surface area contributed by atoms with E-state index in [2.05, 4.69) is 32.5 Å². The number of amides is 3. The quantitative estimate of drug-likeness (QED) is 0.399. The molecule has 0 radical (unpaired) electrons. The zero-order valence-electron chi connectivity index (χ0n) is 20.9. The maximum absolute atomic E-state index is 14.4. The largest absolute Gasteiger partial charge is 0.364 e. The highest BCUT2D eigenvalue weighted by Crippen LogP contribution is 2.25. The second-order valence-electron chi connectivity index (χ2n) is 9.18. The summed E-state index contributed by atoms with van der Waals surface area (Å²) in [6.07, 6.45) is 5.00. The van der Waals surface area contributed by atoms with Gasteiger partial charge in [0.2, 0.25) is 11.8 Å². The number of hydrogen-bond donors (Lipinski definition) is 3. The van der Waals surface area contributed by atoms with Crippen molar-refractivity contribution >= 4 is 35.2 Å². The fourth-order valence-corrected chi connectivity index (χ4v) is 4.62. The van der Waals surface area contributed by atoms with E-state index in [1.807, 2.05) is 0 Å². The number of halogens is 1. The van der Waals surface area contributed by atoms with Crippen LogP contribution < -0.4 is 16.4 Å². The third-order valence-corrected chi connectivity index (χ3v) is 6.68. The second-order valence-corrected chi connectivity index (χ2v) is 9.18. The number of allylic oxidation sites excluding steroid dienone is 2. The van der Waals surface area contributed by atoms with Crippen molar-refractivity contribution in [2.24, 2.45) is 5.73 Å². The van der Waals surface area contributed by atoms with Gasteiger partial charge in [-0.2, -0.15) is 15.3 Å². The summed E-state index contributed by atoms with van der Waals surface area (Å²) in [5.74, 6) is -2.05. The van der Waals surface area contributed by atoms with Gasteiger partial charge in [-0.15, -0.1) is 0 Å². The van der Waals surface area contributed by atoms with Crippen molar-refractivity contribution in [2.45, 2.75) is 44.6 Å². The van der Waals surface area contributed by atoms with E-state index in [1.165, 1.54) is 17.1 Å². The summed E-state index contributed by atoms with van der Waals surface area (Å²) in [6, 6.07) is -0.0663. The molecular formula is C25H29FN8O4. The summed E-state index contributed by atoms with van der Waals surface area (Å²) in [5, 5.41) is 17.5. The number of primary amides is 1. The summed E-state index contributed by atoms with van der Waals surface area (Å²) in [4.78, 5) is 51.6. The predicted molar refractivity (Wildman–Crippen MR) is 135 cm³/mol. The van der Waals surface area contributed by atoms with E-state index in [0.717, 1.165) is 4.90 Å². The van der Waals surface area contributed by atoms with Crippen molar-refractivity contribution < 1.29 is 23.6 Å². The number of hydrogen-bond acceptors (Lipinski definition) is 8. The molecular weight excluding hydrogens is 495 g/mol. The summed E-state index contributed by atoms with van der Waals surface area (Å²) in [5.41, 5.74) is 7.68. The zero-order chi connectivity index (χ0) is 27.4. The maximum atomic E-state index is 14.4. The summed E-state index contributed by atoms with van der Waals surface area (Å²) in [7, 11) is 0. The van der Waals surface area contributed by atoms with Crippen LogP contribution >= 0.6 is 0 Å². The van der Waals surface area contributed by atoms with Gasteiger partial charge in [-0.25, -0.2) is 4.39 Å². The minimum atomic E-state index is -1.39. The number of nitrogens with two attached hydrogens (primary N) is 1. The lowest BCUT2D eigenvalue weighted by atomic mass is 10.0. The number of carbonyl (C=O) groups is 4. The molecule has 0 aromatic carbocycles. The van der Waals surface area contributed by atoms with Crippen molar-refractivity contribution in [3.8, 4) is 0 Å². The molecule has 4 rings (SSSR count). The molecule has 12 nitrogen and oxygen atoms in total. The Kier molecular flexibility index (Phi) is 8.05. The molecule has 2 aromatic rings. The number of piperidine rings is 1. The monoisotopic (exact) mass is 524 g/mol. The highest BCUT2D eigenvalue weighted by atomic mass is 19.1. The number of ketones is 1. The van der Waals surface area contributed by atoms with Gasteiger partial charge in [-0.05, 0) is 24.6 Å². The van der Waals surface area contributed by atoms with Gasteiger partial charge < -0.3 is 21.3 Å². The Bertz CT molecular complexity index is 1290. The third-order valence-electron chi connectivity index (χ3n) is 6.68. The summed E-state index contributed by atoms with van der Waals surface area (Å²) in [6.45, 7) is 5.68. The van der Waals surface area contributed by atoms with E-state index < -0.39 is 36.0 Å².